The van der Waals surface area contributed by atoms with E-state index < -0.39 is 17.1 Å². The molecule has 0 aromatic heterocycles. The van der Waals surface area contributed by atoms with E-state index >= 15 is 0 Å². The van der Waals surface area contributed by atoms with Crippen molar-refractivity contribution in [2.75, 3.05) is 0 Å². The topological polar surface area (TPSA) is 83.6 Å². The van der Waals surface area contributed by atoms with E-state index in [4.69, 9.17) is 0 Å². The molecule has 94 valence electrons. The molecule has 1 aromatic rings. The van der Waals surface area contributed by atoms with Crippen LogP contribution in [0.1, 0.15) is 31.9 Å². The fourth-order valence-electron chi connectivity index (χ4n) is 1.68. The van der Waals surface area contributed by atoms with E-state index in [0.29, 0.717) is 12.0 Å². The molecule has 0 spiro atoms. The van der Waals surface area contributed by atoms with Crippen molar-refractivity contribution in [2.45, 2.75) is 32.5 Å². The van der Waals surface area contributed by atoms with Crippen molar-refractivity contribution >= 4 is 5.69 Å². The number of rotatable bonds is 5. The van der Waals surface area contributed by atoms with Crippen molar-refractivity contribution in [1.29, 1.82) is 0 Å². The molecule has 1 aromatic carbocycles. The summed E-state index contributed by atoms with van der Waals surface area (Å²) in [6.45, 7) is 3.59. The molecule has 0 saturated carbocycles. The fourth-order valence-corrected chi connectivity index (χ4v) is 1.68. The molecule has 1 rings (SSSR count). The summed E-state index contributed by atoms with van der Waals surface area (Å²) in [7, 11) is 0. The van der Waals surface area contributed by atoms with Gasteiger partial charge in [0.2, 0.25) is 0 Å². The van der Waals surface area contributed by atoms with E-state index in [9.17, 15) is 20.3 Å². The van der Waals surface area contributed by atoms with Gasteiger partial charge in [-0.3, -0.25) is 10.1 Å². The monoisotopic (exact) mass is 239 g/mol. The molecule has 0 aliphatic rings. The van der Waals surface area contributed by atoms with Crippen molar-refractivity contribution in [3.8, 4) is 0 Å². The summed E-state index contributed by atoms with van der Waals surface area (Å²) in [4.78, 5) is 9.99. The third kappa shape index (κ3) is 3.25. The van der Waals surface area contributed by atoms with Crippen LogP contribution in [-0.4, -0.2) is 21.2 Å². The van der Waals surface area contributed by atoms with Crippen LogP contribution in [0.15, 0.2) is 24.3 Å². The second-order valence-electron chi connectivity index (χ2n) is 4.13. The van der Waals surface area contributed by atoms with Crippen LogP contribution in [0.25, 0.3) is 0 Å². The molecule has 0 fully saturated rings. The highest BCUT2D eigenvalue weighted by Crippen LogP contribution is 2.26. The van der Waals surface area contributed by atoms with E-state index in [2.05, 4.69) is 0 Å². The minimum Gasteiger partial charge on any atom is -0.393 e. The molecule has 0 aliphatic carbocycles. The maximum absolute atomic E-state index is 10.5. The summed E-state index contributed by atoms with van der Waals surface area (Å²) >= 11 is 0. The van der Waals surface area contributed by atoms with Crippen molar-refractivity contribution < 1.29 is 15.1 Å². The number of aliphatic hydroxyl groups excluding tert-OH is 2. The second kappa shape index (κ2) is 5.75. The van der Waals surface area contributed by atoms with Gasteiger partial charge in [0.15, 0.2) is 0 Å². The Hall–Kier alpha value is -1.46. The zero-order valence-electron chi connectivity index (χ0n) is 9.91. The lowest BCUT2D eigenvalue weighted by atomic mass is 9.91. The van der Waals surface area contributed by atoms with Crippen LogP contribution in [0.2, 0.25) is 0 Å². The Bertz CT molecular complexity index is 377. The molecule has 0 aliphatic heterocycles. The third-order valence-corrected chi connectivity index (χ3v) is 2.97. The van der Waals surface area contributed by atoms with Gasteiger partial charge >= 0.3 is 0 Å². The highest BCUT2D eigenvalue weighted by molar-refractivity contribution is 5.33. The van der Waals surface area contributed by atoms with E-state index in [-0.39, 0.29) is 11.6 Å². The van der Waals surface area contributed by atoms with Crippen molar-refractivity contribution in [1.82, 2.24) is 0 Å². The van der Waals surface area contributed by atoms with Gasteiger partial charge in [-0.25, -0.2) is 0 Å². The molecule has 17 heavy (non-hydrogen) atoms. The molecule has 0 unspecified atom stereocenters. The first kappa shape index (κ1) is 13.6. The summed E-state index contributed by atoms with van der Waals surface area (Å²) in [5.74, 6) is -0.304. The Morgan fingerprint density at radius 2 is 1.82 bits per heavy atom. The van der Waals surface area contributed by atoms with Crippen LogP contribution in [-0.2, 0) is 0 Å². The van der Waals surface area contributed by atoms with Gasteiger partial charge in [0.05, 0.1) is 17.1 Å². The minimum atomic E-state index is -0.814. The van der Waals surface area contributed by atoms with Gasteiger partial charge in [-0.2, -0.15) is 0 Å². The summed E-state index contributed by atoms with van der Waals surface area (Å²) in [5, 5.41) is 30.1. The first-order valence-electron chi connectivity index (χ1n) is 5.57. The molecule has 0 heterocycles. The second-order valence-corrected chi connectivity index (χ2v) is 4.13. The van der Waals surface area contributed by atoms with Crippen LogP contribution in [0, 0.1) is 16.0 Å². The highest BCUT2D eigenvalue weighted by atomic mass is 16.6. The highest BCUT2D eigenvalue weighted by Gasteiger charge is 2.22. The summed E-state index contributed by atoms with van der Waals surface area (Å²) < 4.78 is 0. The molecule has 0 saturated heterocycles. The predicted molar refractivity (Wildman–Crippen MR) is 63.5 cm³/mol. The first-order chi connectivity index (χ1) is 7.97. The molecule has 0 radical (unpaired) electrons. The van der Waals surface area contributed by atoms with E-state index in [0.717, 1.165) is 0 Å². The Kier molecular flexibility index (Phi) is 4.60. The maximum atomic E-state index is 10.5. The lowest BCUT2D eigenvalue weighted by Crippen LogP contribution is -2.23. The fraction of sp³-hybridized carbons (Fsp3) is 0.500. The van der Waals surface area contributed by atoms with Crippen molar-refractivity contribution in [2.24, 2.45) is 5.92 Å². The average Bonchev–Trinajstić information content (AvgIpc) is 2.36. The lowest BCUT2D eigenvalue weighted by Gasteiger charge is -2.23. The molecular formula is C12H17NO4. The van der Waals surface area contributed by atoms with Crippen LogP contribution in [0.4, 0.5) is 5.69 Å². The molecule has 5 heteroatoms. The molecule has 5 nitrogen and oxygen atoms in total. The molecular weight excluding hydrogens is 222 g/mol. The van der Waals surface area contributed by atoms with E-state index in [1.807, 2.05) is 6.92 Å². The zero-order chi connectivity index (χ0) is 13.0. The number of nitro groups is 1. The maximum Gasteiger partial charge on any atom is 0.269 e. The molecule has 0 bridgehead atoms. The van der Waals surface area contributed by atoms with Gasteiger partial charge in [-0.05, 0) is 24.1 Å². The SMILES string of the molecule is CC[C@@H](O)[C@H](C)[C@H](O)c1ccc([N+](=O)[O-])cc1. The number of non-ortho nitro benzene ring substituents is 1. The largest absolute Gasteiger partial charge is 0.393 e. The lowest BCUT2D eigenvalue weighted by molar-refractivity contribution is -0.384. The third-order valence-electron chi connectivity index (χ3n) is 2.97. The molecule has 2 N–H and O–H groups in total. The Morgan fingerprint density at radius 3 is 2.24 bits per heavy atom. The first-order valence-corrected chi connectivity index (χ1v) is 5.57. The quantitative estimate of drug-likeness (QED) is 0.608. The van der Waals surface area contributed by atoms with E-state index in [1.165, 1.54) is 24.3 Å². The number of hydrogen-bond donors (Lipinski definition) is 2. The number of hydrogen-bond acceptors (Lipinski definition) is 4. The van der Waals surface area contributed by atoms with Gasteiger partial charge in [0.25, 0.3) is 5.69 Å². The van der Waals surface area contributed by atoms with Crippen LogP contribution >= 0.6 is 0 Å². The zero-order valence-corrected chi connectivity index (χ0v) is 9.91. The van der Waals surface area contributed by atoms with E-state index in [1.54, 1.807) is 6.92 Å². The normalized spacial score (nSPS) is 16.2. The standard InChI is InChI=1S/C12H17NO4/c1-3-11(14)8(2)12(15)9-4-6-10(7-5-9)13(16)17/h4-8,11-12,14-15H,3H2,1-2H3/t8-,11+,12-/m0/s1. The van der Waals surface area contributed by atoms with Gasteiger partial charge in [0.1, 0.15) is 0 Å². The number of nitrogens with zero attached hydrogens (tertiary/aromatic N) is 1. The van der Waals surface area contributed by atoms with Gasteiger partial charge in [-0.1, -0.05) is 13.8 Å². The Balaban J connectivity index is 2.82. The summed E-state index contributed by atoms with van der Waals surface area (Å²) in [6.07, 6.45) is -0.837. The van der Waals surface area contributed by atoms with Crippen LogP contribution < -0.4 is 0 Å². The summed E-state index contributed by atoms with van der Waals surface area (Å²) in [5.41, 5.74) is 0.570. The number of nitro benzene ring substituents is 1. The Morgan fingerprint density at radius 1 is 1.29 bits per heavy atom. The smallest absolute Gasteiger partial charge is 0.269 e. The Labute approximate surface area is 99.9 Å². The van der Waals surface area contributed by atoms with Crippen LogP contribution in [0.3, 0.4) is 0 Å². The number of aliphatic hydroxyl groups is 2. The van der Waals surface area contributed by atoms with Gasteiger partial charge in [-0.15, -0.1) is 0 Å². The minimum absolute atomic E-state index is 0.00959. The van der Waals surface area contributed by atoms with Crippen molar-refractivity contribution in [3.05, 3.63) is 39.9 Å². The van der Waals surface area contributed by atoms with Crippen LogP contribution in [0.5, 0.6) is 0 Å². The summed E-state index contributed by atoms with van der Waals surface area (Å²) in [6, 6.07) is 5.73. The van der Waals surface area contributed by atoms with Crippen molar-refractivity contribution in [3.63, 3.8) is 0 Å². The molecule has 3 atom stereocenters. The molecule has 0 amide bonds. The predicted octanol–water partition coefficient (Wildman–Crippen LogP) is 2.04. The number of benzene rings is 1. The van der Waals surface area contributed by atoms with Gasteiger partial charge in [0, 0.05) is 18.1 Å². The van der Waals surface area contributed by atoms with Gasteiger partial charge < -0.3 is 10.2 Å². The average molecular weight is 239 g/mol.